The van der Waals surface area contributed by atoms with Crippen molar-refractivity contribution in [1.82, 2.24) is 10.6 Å². The zero-order valence-electron chi connectivity index (χ0n) is 18.2. The lowest BCUT2D eigenvalue weighted by Gasteiger charge is -2.25. The van der Waals surface area contributed by atoms with Gasteiger partial charge in [-0.05, 0) is 19.8 Å². The van der Waals surface area contributed by atoms with E-state index in [4.69, 9.17) is 5.11 Å². The molecule has 170 valence electrons. The van der Waals surface area contributed by atoms with Gasteiger partial charge in [-0.1, -0.05) is 65.2 Å². The Kier molecular flexibility index (Phi) is 15.2. The fourth-order valence-corrected chi connectivity index (χ4v) is 3.05. The van der Waals surface area contributed by atoms with Gasteiger partial charge in [0.15, 0.2) is 6.04 Å². The molecule has 0 spiro atoms. The van der Waals surface area contributed by atoms with Gasteiger partial charge in [-0.3, -0.25) is 9.59 Å². The Hall–Kier alpha value is -1.67. The molecule has 2 amide bonds. The molecule has 5 N–H and O–H groups in total. The quantitative estimate of drug-likeness (QED) is 0.230. The molecule has 4 unspecified atom stereocenters. The average molecular weight is 417 g/mol. The minimum Gasteiger partial charge on any atom is -0.480 e. The van der Waals surface area contributed by atoms with Crippen LogP contribution in [0.15, 0.2) is 0 Å². The van der Waals surface area contributed by atoms with Crippen LogP contribution in [-0.2, 0) is 14.4 Å². The summed E-state index contributed by atoms with van der Waals surface area (Å²) in [4.78, 5) is 35.7. The second-order valence-corrected chi connectivity index (χ2v) is 7.66. The highest BCUT2D eigenvalue weighted by atomic mass is 16.4. The van der Waals surface area contributed by atoms with Gasteiger partial charge < -0.3 is 26.0 Å². The first kappa shape index (κ1) is 27.3. The molecule has 4 atom stereocenters. The Morgan fingerprint density at radius 3 is 1.76 bits per heavy atom. The van der Waals surface area contributed by atoms with Gasteiger partial charge in [-0.2, -0.15) is 0 Å². The summed E-state index contributed by atoms with van der Waals surface area (Å²) in [6.07, 6.45) is 8.02. The van der Waals surface area contributed by atoms with Crippen molar-refractivity contribution in [3.63, 3.8) is 0 Å². The number of nitrogens with one attached hydrogen (secondary N) is 2. The van der Waals surface area contributed by atoms with E-state index in [1.807, 2.05) is 0 Å². The first-order valence-electron chi connectivity index (χ1n) is 10.9. The first-order chi connectivity index (χ1) is 13.7. The number of unbranched alkanes of at least 4 members (excludes halogenated alkanes) is 8. The molecule has 0 aliphatic carbocycles. The lowest BCUT2D eigenvalue weighted by atomic mass is 10.1. The van der Waals surface area contributed by atoms with E-state index in [1.54, 1.807) is 6.92 Å². The molecule has 0 aromatic rings. The van der Waals surface area contributed by atoms with Crippen LogP contribution in [0, 0.1) is 0 Å². The third-order valence-electron chi connectivity index (χ3n) is 4.96. The van der Waals surface area contributed by atoms with Crippen molar-refractivity contribution >= 4 is 17.8 Å². The summed E-state index contributed by atoms with van der Waals surface area (Å²) in [5, 5.41) is 33.4. The molecule has 0 saturated heterocycles. The van der Waals surface area contributed by atoms with Gasteiger partial charge in [-0.15, -0.1) is 0 Å². The van der Waals surface area contributed by atoms with Crippen molar-refractivity contribution in [2.75, 3.05) is 0 Å². The van der Waals surface area contributed by atoms with E-state index >= 15 is 0 Å². The van der Waals surface area contributed by atoms with E-state index < -0.39 is 36.2 Å². The standard InChI is InChI=1S/C21H40N2O6/c1-4-6-7-8-9-10-11-12-13-14-17(26)22-18(15(3)24)20(27)23-19(21(28)29)16(25)5-2/h15-16,18-19,24-25H,4-14H2,1-3H3,(H,22,26)(H,23,27)(H,28,29). The summed E-state index contributed by atoms with van der Waals surface area (Å²) in [5.74, 6) is -2.57. The minimum absolute atomic E-state index is 0.140. The van der Waals surface area contributed by atoms with Gasteiger partial charge in [-0.25, -0.2) is 4.79 Å². The van der Waals surface area contributed by atoms with Crippen LogP contribution in [0.5, 0.6) is 0 Å². The maximum absolute atomic E-state index is 12.3. The zero-order chi connectivity index (χ0) is 22.2. The van der Waals surface area contributed by atoms with Gasteiger partial charge in [0, 0.05) is 6.42 Å². The lowest BCUT2D eigenvalue weighted by Crippen LogP contribution is -2.58. The van der Waals surface area contributed by atoms with Crippen LogP contribution >= 0.6 is 0 Å². The summed E-state index contributed by atoms with van der Waals surface area (Å²) in [6, 6.07) is -2.77. The number of hydrogen-bond acceptors (Lipinski definition) is 5. The topological polar surface area (TPSA) is 136 Å². The molecule has 0 aromatic heterocycles. The normalized spacial score (nSPS) is 15.2. The van der Waals surface area contributed by atoms with Crippen LogP contribution in [0.25, 0.3) is 0 Å². The smallest absolute Gasteiger partial charge is 0.328 e. The molecule has 0 aliphatic rings. The van der Waals surface area contributed by atoms with Crippen molar-refractivity contribution in [3.8, 4) is 0 Å². The molecule has 0 heterocycles. The first-order valence-corrected chi connectivity index (χ1v) is 10.9. The fraction of sp³-hybridized carbons (Fsp3) is 0.857. The number of amides is 2. The van der Waals surface area contributed by atoms with E-state index in [-0.39, 0.29) is 18.7 Å². The summed E-state index contributed by atoms with van der Waals surface area (Å²) < 4.78 is 0. The molecule has 29 heavy (non-hydrogen) atoms. The van der Waals surface area contributed by atoms with Gasteiger partial charge in [0.05, 0.1) is 12.2 Å². The third-order valence-corrected chi connectivity index (χ3v) is 4.96. The minimum atomic E-state index is -1.50. The molecular weight excluding hydrogens is 376 g/mol. The van der Waals surface area contributed by atoms with Crippen molar-refractivity contribution < 1.29 is 29.7 Å². The molecule has 8 nitrogen and oxygen atoms in total. The van der Waals surface area contributed by atoms with Crippen LogP contribution in [0.2, 0.25) is 0 Å². The molecule has 0 radical (unpaired) electrons. The lowest BCUT2D eigenvalue weighted by molar-refractivity contribution is -0.146. The number of carbonyl (C=O) groups is 3. The van der Waals surface area contributed by atoms with Gasteiger partial charge in [0.2, 0.25) is 11.8 Å². The predicted molar refractivity (Wildman–Crippen MR) is 111 cm³/mol. The average Bonchev–Trinajstić information content (AvgIpc) is 2.67. The van der Waals surface area contributed by atoms with Crippen LogP contribution in [0.1, 0.15) is 91.4 Å². The van der Waals surface area contributed by atoms with Crippen LogP contribution in [0.3, 0.4) is 0 Å². The maximum atomic E-state index is 12.3. The number of aliphatic hydroxyl groups excluding tert-OH is 2. The second kappa shape index (κ2) is 16.2. The van der Waals surface area contributed by atoms with Crippen molar-refractivity contribution in [2.45, 2.75) is 116 Å². The van der Waals surface area contributed by atoms with Crippen molar-refractivity contribution in [1.29, 1.82) is 0 Å². The molecule has 0 bridgehead atoms. The zero-order valence-corrected chi connectivity index (χ0v) is 18.2. The van der Waals surface area contributed by atoms with Crippen molar-refractivity contribution in [3.05, 3.63) is 0 Å². The molecule has 0 fully saturated rings. The Bertz CT molecular complexity index is 484. The number of hydrogen-bond donors (Lipinski definition) is 5. The predicted octanol–water partition coefficient (Wildman–Crippen LogP) is 2.11. The Morgan fingerprint density at radius 2 is 1.31 bits per heavy atom. The van der Waals surface area contributed by atoms with Crippen molar-refractivity contribution in [2.24, 2.45) is 0 Å². The Morgan fingerprint density at radius 1 is 0.793 bits per heavy atom. The van der Waals surface area contributed by atoms with E-state index in [2.05, 4.69) is 17.6 Å². The van der Waals surface area contributed by atoms with E-state index in [0.29, 0.717) is 6.42 Å². The number of rotatable bonds is 17. The van der Waals surface area contributed by atoms with Gasteiger partial charge in [0.1, 0.15) is 6.04 Å². The molecule has 0 aromatic carbocycles. The molecule has 0 saturated carbocycles. The van der Waals surface area contributed by atoms with E-state index in [1.165, 1.54) is 39.0 Å². The summed E-state index contributed by atoms with van der Waals surface area (Å²) >= 11 is 0. The van der Waals surface area contributed by atoms with Gasteiger partial charge >= 0.3 is 5.97 Å². The SMILES string of the molecule is CCCCCCCCCCCC(=O)NC(C(=O)NC(C(=O)O)C(O)CC)C(C)O. The Labute approximate surface area is 174 Å². The fourth-order valence-electron chi connectivity index (χ4n) is 3.05. The largest absolute Gasteiger partial charge is 0.480 e. The highest BCUT2D eigenvalue weighted by molar-refractivity contribution is 5.91. The third kappa shape index (κ3) is 12.5. The number of aliphatic carboxylic acids is 1. The Balaban J connectivity index is 4.31. The summed E-state index contributed by atoms with van der Waals surface area (Å²) in [5.41, 5.74) is 0. The highest BCUT2D eigenvalue weighted by Crippen LogP contribution is 2.10. The number of carbonyl (C=O) groups excluding carboxylic acids is 2. The summed E-state index contributed by atoms with van der Waals surface area (Å²) in [7, 11) is 0. The monoisotopic (exact) mass is 416 g/mol. The highest BCUT2D eigenvalue weighted by Gasteiger charge is 2.32. The van der Waals surface area contributed by atoms with Crippen LogP contribution < -0.4 is 10.6 Å². The molecule has 0 aliphatic heterocycles. The number of carboxylic acid groups (broad SMARTS) is 1. The maximum Gasteiger partial charge on any atom is 0.328 e. The van der Waals surface area contributed by atoms with E-state index in [9.17, 15) is 24.6 Å². The van der Waals surface area contributed by atoms with E-state index in [0.717, 1.165) is 19.3 Å². The van der Waals surface area contributed by atoms with Crippen LogP contribution in [0.4, 0.5) is 0 Å². The second-order valence-electron chi connectivity index (χ2n) is 7.66. The number of carboxylic acids is 1. The molecule has 0 rings (SSSR count). The molecule has 8 heteroatoms. The van der Waals surface area contributed by atoms with Crippen LogP contribution in [-0.4, -0.2) is 57.4 Å². The number of aliphatic hydroxyl groups is 2. The molecular formula is C21H40N2O6. The summed E-state index contributed by atoms with van der Waals surface area (Å²) in [6.45, 7) is 5.12. The van der Waals surface area contributed by atoms with Gasteiger partial charge in [0.25, 0.3) is 0 Å².